The van der Waals surface area contributed by atoms with E-state index >= 15 is 0 Å². The van der Waals surface area contributed by atoms with Crippen molar-refractivity contribution in [1.29, 1.82) is 0 Å². The van der Waals surface area contributed by atoms with Crippen molar-refractivity contribution in [3.8, 4) is 124 Å². The van der Waals surface area contributed by atoms with Gasteiger partial charge in [0, 0.05) is 99.0 Å². The van der Waals surface area contributed by atoms with Crippen LogP contribution in [0.15, 0.2) is 397 Å². The fourth-order valence-corrected chi connectivity index (χ4v) is 16.9. The molecule has 0 saturated carbocycles. The van der Waals surface area contributed by atoms with E-state index in [9.17, 15) is 0 Å². The molecule has 0 N–H and O–H groups in total. The van der Waals surface area contributed by atoms with Crippen molar-refractivity contribution in [3.05, 3.63) is 405 Å². The van der Waals surface area contributed by atoms with Crippen molar-refractivity contribution in [2.45, 2.75) is 19.8 Å². The van der Waals surface area contributed by atoms with Crippen LogP contribution in [0.5, 0.6) is 0 Å². The van der Waals surface area contributed by atoms with Gasteiger partial charge >= 0.3 is 0 Å². The van der Waals surface area contributed by atoms with Crippen molar-refractivity contribution in [3.63, 3.8) is 0 Å². The predicted octanol–water partition coefficient (Wildman–Crippen LogP) is 29.3. The Kier molecular flexibility index (Phi) is 17.3. The zero-order valence-corrected chi connectivity index (χ0v) is 64.0. The molecule has 16 aromatic carbocycles. The normalized spacial score (nSPS) is 11.6. The molecule has 0 amide bonds. The molecule has 6 aromatic heterocycles. The Morgan fingerprint density at radius 3 is 1.18 bits per heavy atom. The van der Waals surface area contributed by atoms with Gasteiger partial charge in [0.15, 0.2) is 17.3 Å². The summed E-state index contributed by atoms with van der Waals surface area (Å²) in [6, 6.07) is 136. The Balaban J connectivity index is 0.000000146. The van der Waals surface area contributed by atoms with E-state index in [0.717, 1.165) is 161 Å². The predicted molar refractivity (Wildman–Crippen MR) is 482 cm³/mol. The monoisotopic (exact) mass is 1500 g/mol. The van der Waals surface area contributed by atoms with Crippen molar-refractivity contribution in [2.75, 3.05) is 0 Å². The summed E-state index contributed by atoms with van der Waals surface area (Å²) in [7, 11) is 0. The number of nitrogens with zero attached hydrogens (tertiary/aromatic N) is 7. The van der Waals surface area contributed by atoms with Crippen LogP contribution in [0, 0.1) is 6.57 Å². The lowest BCUT2D eigenvalue weighted by Gasteiger charge is -2.11. The summed E-state index contributed by atoms with van der Waals surface area (Å²) >= 11 is 0. The minimum Gasteiger partial charge on any atom is -0.456 e. The number of aromatic nitrogens is 6. The molecule has 0 unspecified atom stereocenters. The van der Waals surface area contributed by atoms with E-state index in [1.54, 1.807) is 0 Å². The molecule has 0 aliphatic carbocycles. The van der Waals surface area contributed by atoms with Crippen molar-refractivity contribution < 1.29 is 8.83 Å². The standard InChI is InChI=1S/C55H39N3O.C53H32N4O/c1-35(2)43-18-12-21-51-53(43)47-33-41(36-23-25-39(26-24-36)49-34-48(38-13-5-3-6-14-38)56-55(57-49)40-15-7-4-8-16-40)29-32-50(47)58(51)42-30-27-37(28-31-42)44-19-11-20-46-45-17-9-10-22-52(45)59-54(44)46;1-54-40-31-44(52-46(32-40)43-17-9-11-19-51(43)58-52)35-24-27-41(28-25-35)57-49-18-10-8-16-42(49)45-30-39(26-29-50(45)57)34-20-22-38(23-21-34)53-55-47(36-12-4-2-5-13-36)33-48(56-53)37-14-6-3-7-15-37/h3-35H,1-2H3;2-33H. The van der Waals surface area contributed by atoms with Crippen LogP contribution in [0.1, 0.15) is 25.3 Å². The Morgan fingerprint density at radius 2 is 0.641 bits per heavy atom. The Labute approximate surface area is 675 Å². The second-order valence-electron chi connectivity index (χ2n) is 30.0. The van der Waals surface area contributed by atoms with E-state index in [2.05, 4.69) is 295 Å². The molecule has 0 aliphatic heterocycles. The number of hydrogen-bond donors (Lipinski definition) is 0. The molecule has 550 valence electrons. The maximum absolute atomic E-state index is 7.79. The summed E-state index contributed by atoms with van der Waals surface area (Å²) < 4.78 is 17.5. The van der Waals surface area contributed by atoms with E-state index in [0.29, 0.717) is 23.3 Å². The van der Waals surface area contributed by atoms with Crippen LogP contribution in [0.2, 0.25) is 0 Å². The highest BCUT2D eigenvalue weighted by Gasteiger charge is 2.23. The summed E-state index contributed by atoms with van der Waals surface area (Å²) in [5, 5.41) is 9.17. The van der Waals surface area contributed by atoms with Gasteiger partial charge < -0.3 is 18.0 Å². The second-order valence-corrected chi connectivity index (χ2v) is 30.0. The largest absolute Gasteiger partial charge is 0.456 e. The molecule has 6 heterocycles. The van der Waals surface area contributed by atoms with Gasteiger partial charge in [0.1, 0.15) is 22.3 Å². The first-order chi connectivity index (χ1) is 57.7. The van der Waals surface area contributed by atoms with Crippen molar-refractivity contribution >= 4 is 93.2 Å². The van der Waals surface area contributed by atoms with Gasteiger partial charge in [0.2, 0.25) is 0 Å². The summed E-state index contributed by atoms with van der Waals surface area (Å²) in [5.41, 5.74) is 30.7. The van der Waals surface area contributed by atoms with Crippen LogP contribution >= 0.6 is 0 Å². The first kappa shape index (κ1) is 69.3. The fourth-order valence-electron chi connectivity index (χ4n) is 16.9. The van der Waals surface area contributed by atoms with E-state index in [1.165, 1.54) is 43.7 Å². The highest BCUT2D eigenvalue weighted by molar-refractivity contribution is 6.15. The van der Waals surface area contributed by atoms with Crippen LogP contribution in [-0.2, 0) is 0 Å². The zero-order valence-electron chi connectivity index (χ0n) is 64.0. The molecule has 0 fully saturated rings. The highest BCUT2D eigenvalue weighted by Crippen LogP contribution is 2.45. The molecule has 22 aromatic rings. The van der Waals surface area contributed by atoms with Crippen molar-refractivity contribution in [2.24, 2.45) is 0 Å². The van der Waals surface area contributed by atoms with Crippen LogP contribution < -0.4 is 0 Å². The van der Waals surface area contributed by atoms with Gasteiger partial charge in [-0.25, -0.2) is 24.8 Å². The lowest BCUT2D eigenvalue weighted by Crippen LogP contribution is -1.96. The maximum atomic E-state index is 7.79. The van der Waals surface area contributed by atoms with E-state index < -0.39 is 0 Å². The fraction of sp³-hybridized carbons (Fsp3) is 0.0278. The van der Waals surface area contributed by atoms with Gasteiger partial charge in [0.25, 0.3) is 0 Å². The van der Waals surface area contributed by atoms with Crippen LogP contribution in [0.25, 0.3) is 216 Å². The van der Waals surface area contributed by atoms with Gasteiger partial charge in [-0.2, -0.15) is 0 Å². The first-order valence-corrected chi connectivity index (χ1v) is 39.5. The SMILES string of the molecule is CC(C)c1cccc2c1c1cc(-c3ccc(-c4cc(-c5ccccc5)nc(-c5ccccc5)n4)cc3)ccc1n2-c1ccc(-c2cccc3c2oc2ccccc23)cc1.[C-]#[N+]c1cc(-c2ccc(-n3c4ccccc4c4cc(-c5ccc(-c6nc(-c7ccccc7)cc(-c7ccccc7)n6)cc5)ccc43)cc2)c2oc3ccccc3c2c1. The number of para-hydroxylation sites is 4. The van der Waals surface area contributed by atoms with E-state index in [4.69, 9.17) is 35.3 Å². The van der Waals surface area contributed by atoms with Gasteiger partial charge in [-0.1, -0.05) is 305 Å². The topological polar surface area (TPSA) is 92.1 Å². The van der Waals surface area contributed by atoms with Crippen LogP contribution in [0.4, 0.5) is 5.69 Å². The molecular formula is C108H71N7O2. The van der Waals surface area contributed by atoms with E-state index in [-0.39, 0.29) is 0 Å². The average Bonchev–Trinajstić information content (AvgIpc) is 1.58. The molecule has 9 heteroatoms. The molecule has 0 atom stereocenters. The molecule has 0 spiro atoms. The smallest absolute Gasteiger partial charge is 0.188 e. The van der Waals surface area contributed by atoms with Gasteiger partial charge in [-0.15, -0.1) is 0 Å². The number of benzene rings is 16. The Morgan fingerprint density at radius 1 is 0.265 bits per heavy atom. The third kappa shape index (κ3) is 12.6. The molecule has 0 radical (unpaired) electrons. The molecular weight excluding hydrogens is 1430 g/mol. The Bertz CT molecular complexity index is 7490. The summed E-state index contributed by atoms with van der Waals surface area (Å²) in [6.07, 6.45) is 0. The van der Waals surface area contributed by atoms with Crippen molar-refractivity contribution in [1.82, 2.24) is 29.1 Å². The van der Waals surface area contributed by atoms with Crippen LogP contribution in [-0.4, -0.2) is 29.1 Å². The number of rotatable bonds is 13. The van der Waals surface area contributed by atoms with Gasteiger partial charge in [-0.3, -0.25) is 0 Å². The molecule has 0 bridgehead atoms. The zero-order chi connectivity index (χ0) is 78.0. The number of fused-ring (bicyclic) bond motifs is 12. The summed E-state index contributed by atoms with van der Waals surface area (Å²) in [6.45, 7) is 12.4. The summed E-state index contributed by atoms with van der Waals surface area (Å²) in [5.74, 6) is 1.77. The molecule has 0 saturated heterocycles. The lowest BCUT2D eigenvalue weighted by molar-refractivity contribution is 0.669. The Hall–Kier alpha value is -15.6. The molecule has 117 heavy (non-hydrogen) atoms. The minimum atomic E-state index is 0.363. The average molecular weight is 1500 g/mol. The van der Waals surface area contributed by atoms with Crippen LogP contribution in [0.3, 0.4) is 0 Å². The summed E-state index contributed by atoms with van der Waals surface area (Å²) in [4.78, 5) is 23.9. The maximum Gasteiger partial charge on any atom is 0.188 e. The third-order valence-corrected chi connectivity index (χ3v) is 22.7. The highest BCUT2D eigenvalue weighted by atomic mass is 16.3. The second kappa shape index (κ2) is 29.2. The quantitative estimate of drug-likeness (QED) is 0.107. The minimum absolute atomic E-state index is 0.363. The lowest BCUT2D eigenvalue weighted by atomic mass is 9.95. The first-order valence-electron chi connectivity index (χ1n) is 39.5. The van der Waals surface area contributed by atoms with E-state index in [1.807, 2.05) is 121 Å². The molecule has 22 rings (SSSR count). The molecule has 0 aliphatic rings. The number of hydrogen-bond acceptors (Lipinski definition) is 6. The number of furan rings is 2. The third-order valence-electron chi connectivity index (χ3n) is 22.7. The van der Waals surface area contributed by atoms with Gasteiger partial charge in [0.05, 0.1) is 51.4 Å². The molecule has 9 nitrogen and oxygen atoms in total. The van der Waals surface area contributed by atoms with Gasteiger partial charge in [-0.05, 0) is 142 Å².